The van der Waals surface area contributed by atoms with Gasteiger partial charge in [0.1, 0.15) is 17.4 Å². The number of halogens is 3. The summed E-state index contributed by atoms with van der Waals surface area (Å²) in [6.45, 7) is -0.469. The second kappa shape index (κ2) is 8.74. The van der Waals surface area contributed by atoms with Gasteiger partial charge in [0.2, 0.25) is 0 Å². The fourth-order valence-electron chi connectivity index (χ4n) is 3.55. The number of para-hydroxylation sites is 2. The van der Waals surface area contributed by atoms with Gasteiger partial charge in [0.15, 0.2) is 6.61 Å². The van der Waals surface area contributed by atoms with Crippen molar-refractivity contribution >= 4 is 16.9 Å². The molecule has 3 aromatic rings. The summed E-state index contributed by atoms with van der Waals surface area (Å²) in [5, 5.41) is 0. The van der Waals surface area contributed by atoms with E-state index in [0.717, 1.165) is 4.57 Å². The van der Waals surface area contributed by atoms with Gasteiger partial charge in [0.25, 0.3) is 5.91 Å². The zero-order chi connectivity index (χ0) is 21.1. The normalized spacial score (nSPS) is 15.1. The maximum absolute atomic E-state index is 13.6. The van der Waals surface area contributed by atoms with Gasteiger partial charge < -0.3 is 9.64 Å². The fraction of sp³-hybridized carbons (Fsp3) is 0.333. The number of alkyl halides is 2. The molecule has 0 unspecified atom stereocenters. The lowest BCUT2D eigenvalue weighted by atomic mass is 10.3. The van der Waals surface area contributed by atoms with E-state index in [1.54, 1.807) is 29.2 Å². The van der Waals surface area contributed by atoms with Crippen molar-refractivity contribution in [3.63, 3.8) is 0 Å². The van der Waals surface area contributed by atoms with E-state index in [-0.39, 0.29) is 24.9 Å². The van der Waals surface area contributed by atoms with Crippen LogP contribution in [0.4, 0.5) is 13.2 Å². The number of fused-ring (bicyclic) bond motifs is 1. The summed E-state index contributed by atoms with van der Waals surface area (Å²) in [6, 6.07) is 12.3. The fourth-order valence-corrected chi connectivity index (χ4v) is 3.55. The highest BCUT2D eigenvalue weighted by atomic mass is 19.3. The van der Waals surface area contributed by atoms with Crippen molar-refractivity contribution in [3.8, 4) is 5.75 Å². The minimum absolute atomic E-state index is 0.132. The van der Waals surface area contributed by atoms with Crippen LogP contribution in [0.1, 0.15) is 12.4 Å². The molecule has 158 valence electrons. The minimum atomic E-state index is -2.67. The Labute approximate surface area is 171 Å². The van der Waals surface area contributed by atoms with E-state index >= 15 is 0 Å². The largest absolute Gasteiger partial charge is 0.484 e. The summed E-state index contributed by atoms with van der Waals surface area (Å²) in [4.78, 5) is 20.4. The van der Waals surface area contributed by atoms with E-state index in [4.69, 9.17) is 4.74 Å². The first-order chi connectivity index (χ1) is 14.5. The van der Waals surface area contributed by atoms with Gasteiger partial charge in [-0.1, -0.05) is 12.1 Å². The zero-order valence-electron chi connectivity index (χ0n) is 16.2. The SMILES string of the molecule is O=C(COc1ccc(F)cc1)N1CCN(Cc2nc3ccccc3n2C(F)F)CC1. The molecule has 0 atom stereocenters. The average molecular weight is 418 g/mol. The van der Waals surface area contributed by atoms with Crippen molar-refractivity contribution in [2.75, 3.05) is 32.8 Å². The molecule has 2 aromatic carbocycles. The van der Waals surface area contributed by atoms with Crippen LogP contribution >= 0.6 is 0 Å². The molecule has 30 heavy (non-hydrogen) atoms. The average Bonchev–Trinajstić information content (AvgIpc) is 3.11. The third kappa shape index (κ3) is 4.40. The van der Waals surface area contributed by atoms with Crippen molar-refractivity contribution < 1.29 is 22.7 Å². The highest BCUT2D eigenvalue weighted by Gasteiger charge is 2.24. The molecule has 1 saturated heterocycles. The number of nitrogens with zero attached hydrogens (tertiary/aromatic N) is 4. The topological polar surface area (TPSA) is 50.6 Å². The van der Waals surface area contributed by atoms with Crippen LogP contribution in [0.25, 0.3) is 11.0 Å². The third-order valence-electron chi connectivity index (χ3n) is 5.13. The Morgan fingerprint density at radius 3 is 2.43 bits per heavy atom. The van der Waals surface area contributed by atoms with Gasteiger partial charge in [0, 0.05) is 26.2 Å². The second-order valence-electron chi connectivity index (χ2n) is 7.06. The Morgan fingerprint density at radius 1 is 1.03 bits per heavy atom. The highest BCUT2D eigenvalue weighted by Crippen LogP contribution is 2.24. The van der Waals surface area contributed by atoms with Gasteiger partial charge in [-0.25, -0.2) is 9.37 Å². The molecule has 1 aliphatic rings. The Balaban J connectivity index is 1.32. The molecule has 0 radical (unpaired) electrons. The molecule has 0 N–H and O–H groups in total. The first-order valence-electron chi connectivity index (χ1n) is 9.64. The lowest BCUT2D eigenvalue weighted by Crippen LogP contribution is -2.49. The summed E-state index contributed by atoms with van der Waals surface area (Å²) in [5.74, 6) is 0.198. The van der Waals surface area contributed by atoms with Crippen LogP contribution in [0, 0.1) is 5.82 Å². The summed E-state index contributed by atoms with van der Waals surface area (Å²) in [7, 11) is 0. The molecule has 0 bridgehead atoms. The highest BCUT2D eigenvalue weighted by molar-refractivity contribution is 5.78. The molecular formula is C21H21F3N4O2. The smallest absolute Gasteiger partial charge is 0.320 e. The van der Waals surface area contributed by atoms with Crippen molar-refractivity contribution in [1.29, 1.82) is 0 Å². The minimum Gasteiger partial charge on any atom is -0.484 e. The number of carbonyl (C=O) groups excluding carboxylic acids is 1. The van der Waals surface area contributed by atoms with Crippen LogP contribution in [0.2, 0.25) is 0 Å². The van der Waals surface area contributed by atoms with Crippen LogP contribution in [-0.4, -0.2) is 58.0 Å². The molecule has 9 heteroatoms. The number of hydrogen-bond donors (Lipinski definition) is 0. The molecule has 0 aliphatic carbocycles. The number of rotatable bonds is 6. The van der Waals surface area contributed by atoms with E-state index in [2.05, 4.69) is 4.98 Å². The van der Waals surface area contributed by atoms with Crippen LogP contribution in [-0.2, 0) is 11.3 Å². The van der Waals surface area contributed by atoms with Gasteiger partial charge in [0.05, 0.1) is 17.6 Å². The van der Waals surface area contributed by atoms with Crippen molar-refractivity contribution in [1.82, 2.24) is 19.4 Å². The van der Waals surface area contributed by atoms with Gasteiger partial charge in [-0.2, -0.15) is 8.78 Å². The summed E-state index contributed by atoms with van der Waals surface area (Å²) in [5.41, 5.74) is 0.953. The van der Waals surface area contributed by atoms with Crippen LogP contribution in [0.3, 0.4) is 0 Å². The van der Waals surface area contributed by atoms with E-state index in [1.807, 2.05) is 4.90 Å². The predicted molar refractivity (Wildman–Crippen MR) is 105 cm³/mol. The zero-order valence-corrected chi connectivity index (χ0v) is 16.2. The number of carbonyl (C=O) groups is 1. The maximum Gasteiger partial charge on any atom is 0.320 e. The molecule has 1 amide bonds. The monoisotopic (exact) mass is 418 g/mol. The van der Waals surface area contributed by atoms with Crippen LogP contribution < -0.4 is 4.74 Å². The molecule has 0 saturated carbocycles. The lowest BCUT2D eigenvalue weighted by Gasteiger charge is -2.34. The van der Waals surface area contributed by atoms with E-state index < -0.39 is 6.55 Å². The molecular weight excluding hydrogens is 397 g/mol. The third-order valence-corrected chi connectivity index (χ3v) is 5.13. The Kier molecular flexibility index (Phi) is 5.89. The molecule has 0 spiro atoms. The first kappa shape index (κ1) is 20.2. The second-order valence-corrected chi connectivity index (χ2v) is 7.06. The molecule has 6 nitrogen and oxygen atoms in total. The van der Waals surface area contributed by atoms with Crippen molar-refractivity contribution in [2.24, 2.45) is 0 Å². The number of ether oxygens (including phenoxy) is 1. The Morgan fingerprint density at radius 2 is 1.73 bits per heavy atom. The molecule has 1 aliphatic heterocycles. The Hall–Kier alpha value is -3.07. The predicted octanol–water partition coefficient (Wildman–Crippen LogP) is 3.29. The molecule has 4 rings (SSSR count). The summed E-state index contributed by atoms with van der Waals surface area (Å²) < 4.78 is 46.4. The molecule has 1 fully saturated rings. The van der Waals surface area contributed by atoms with Crippen molar-refractivity contribution in [2.45, 2.75) is 13.1 Å². The first-order valence-corrected chi connectivity index (χ1v) is 9.64. The molecule has 2 heterocycles. The van der Waals surface area contributed by atoms with Gasteiger partial charge in [-0.05, 0) is 36.4 Å². The summed E-state index contributed by atoms with van der Waals surface area (Å²) in [6.07, 6.45) is 0. The maximum atomic E-state index is 13.6. The van der Waals surface area contributed by atoms with Gasteiger partial charge in [-0.15, -0.1) is 0 Å². The number of aromatic nitrogens is 2. The quantitative estimate of drug-likeness (QED) is 0.617. The number of benzene rings is 2. The standard InChI is InChI=1S/C21H21F3N4O2/c22-15-5-7-16(8-6-15)30-14-20(29)27-11-9-26(10-12-27)13-19-25-17-3-1-2-4-18(17)28(19)21(23)24/h1-8,21H,9-14H2. The van der Waals surface area contributed by atoms with E-state index in [0.29, 0.717) is 48.8 Å². The number of amides is 1. The number of hydrogen-bond acceptors (Lipinski definition) is 4. The number of piperazine rings is 1. The number of imidazole rings is 1. The van der Waals surface area contributed by atoms with E-state index in [1.165, 1.54) is 24.3 Å². The summed E-state index contributed by atoms with van der Waals surface area (Å²) >= 11 is 0. The van der Waals surface area contributed by atoms with Gasteiger partial charge >= 0.3 is 6.55 Å². The lowest BCUT2D eigenvalue weighted by molar-refractivity contribution is -0.135. The van der Waals surface area contributed by atoms with Crippen LogP contribution in [0.5, 0.6) is 5.75 Å². The Bertz CT molecular complexity index is 1010. The molecule has 1 aromatic heterocycles. The van der Waals surface area contributed by atoms with Gasteiger partial charge in [-0.3, -0.25) is 14.3 Å². The van der Waals surface area contributed by atoms with Crippen LogP contribution in [0.15, 0.2) is 48.5 Å². The van der Waals surface area contributed by atoms with Crippen molar-refractivity contribution in [3.05, 3.63) is 60.2 Å². The van der Waals surface area contributed by atoms with E-state index in [9.17, 15) is 18.0 Å².